The van der Waals surface area contributed by atoms with Crippen LogP contribution in [0.5, 0.6) is 5.75 Å². The lowest BCUT2D eigenvalue weighted by Crippen LogP contribution is -2.99. The van der Waals surface area contributed by atoms with Crippen molar-refractivity contribution >= 4 is 17.1 Å². The smallest absolute Gasteiger partial charge is 0.292 e. The van der Waals surface area contributed by atoms with Gasteiger partial charge >= 0.3 is 0 Å². The average Bonchev–Trinajstić information content (AvgIpc) is 2.70. The molecule has 1 aliphatic rings. The Morgan fingerprint density at radius 2 is 1.86 bits per heavy atom. The van der Waals surface area contributed by atoms with Gasteiger partial charge in [0.2, 0.25) is 0 Å². The van der Waals surface area contributed by atoms with Crippen LogP contribution in [0.1, 0.15) is 26.3 Å². The molecule has 2 atom stereocenters. The molecule has 1 aliphatic heterocycles. The molecular weight excluding hydrogens is 368 g/mol. The molecule has 0 saturated carbocycles. The summed E-state index contributed by atoms with van der Waals surface area (Å²) >= 11 is 0. The fraction of sp³-hybridized carbons (Fsp3) is 0.455. The lowest BCUT2D eigenvalue weighted by molar-refractivity contribution is -0.716. The van der Waals surface area contributed by atoms with Crippen molar-refractivity contribution in [2.45, 2.75) is 39.3 Å². The minimum atomic E-state index is -0.342. The molecule has 3 rings (SSSR count). The normalized spacial score (nSPS) is 19.1. The van der Waals surface area contributed by atoms with Gasteiger partial charge in [0, 0.05) is 18.3 Å². The van der Waals surface area contributed by atoms with Crippen molar-refractivity contribution in [3.8, 4) is 5.75 Å². The number of quaternary nitrogens is 1. The molecule has 0 aliphatic carbocycles. The molecule has 1 heterocycles. The number of rotatable bonds is 8. The largest absolute Gasteiger partial charge is 0.492 e. The van der Waals surface area contributed by atoms with E-state index in [-0.39, 0.29) is 10.6 Å². The second-order valence-electron chi connectivity index (χ2n) is 7.78. The van der Waals surface area contributed by atoms with Crippen LogP contribution in [0, 0.1) is 10.1 Å². The number of nitrogens with zero attached hydrogens (tertiary/aromatic N) is 2. The first-order chi connectivity index (χ1) is 14.0. The Morgan fingerprint density at radius 3 is 2.48 bits per heavy atom. The molecule has 0 bridgehead atoms. The van der Waals surface area contributed by atoms with Crippen LogP contribution in [0.2, 0.25) is 0 Å². The summed E-state index contributed by atoms with van der Waals surface area (Å²) in [7, 11) is 0. The number of nitro groups is 1. The van der Waals surface area contributed by atoms with Crippen LogP contribution in [-0.2, 0) is 6.42 Å². The van der Waals surface area contributed by atoms with Crippen LogP contribution in [0.15, 0.2) is 42.5 Å². The molecule has 7 nitrogen and oxygen atoms in total. The average molecular weight is 400 g/mol. The molecule has 0 amide bonds. The van der Waals surface area contributed by atoms with Crippen molar-refractivity contribution in [1.82, 2.24) is 0 Å². The van der Waals surface area contributed by atoms with Gasteiger partial charge in [-0.15, -0.1) is 0 Å². The number of nitrogens with one attached hydrogen (secondary N) is 1. The molecular formula is C22H31N4O3+. The molecule has 1 fully saturated rings. The first-order valence-electron chi connectivity index (χ1n) is 10.3. The summed E-state index contributed by atoms with van der Waals surface area (Å²) in [6.07, 6.45) is 0.994. The van der Waals surface area contributed by atoms with Crippen molar-refractivity contribution in [2.75, 3.05) is 36.5 Å². The van der Waals surface area contributed by atoms with E-state index in [1.165, 1.54) is 5.56 Å². The fourth-order valence-electron chi connectivity index (χ4n) is 3.86. The molecule has 1 saturated heterocycles. The molecule has 0 unspecified atom stereocenters. The van der Waals surface area contributed by atoms with Crippen LogP contribution in [0.4, 0.5) is 17.1 Å². The van der Waals surface area contributed by atoms with Crippen LogP contribution in [0.3, 0.4) is 0 Å². The van der Waals surface area contributed by atoms with Gasteiger partial charge in [-0.05, 0) is 50.1 Å². The molecule has 7 heteroatoms. The summed E-state index contributed by atoms with van der Waals surface area (Å²) < 4.78 is 5.76. The Morgan fingerprint density at radius 1 is 1.17 bits per heavy atom. The fourth-order valence-corrected chi connectivity index (χ4v) is 3.86. The van der Waals surface area contributed by atoms with Crippen molar-refractivity contribution in [2.24, 2.45) is 0 Å². The minimum absolute atomic E-state index is 0.0886. The lowest BCUT2D eigenvalue weighted by atomic mass is 10.1. The van der Waals surface area contributed by atoms with Crippen molar-refractivity contribution in [3.05, 3.63) is 58.1 Å². The van der Waals surface area contributed by atoms with E-state index in [9.17, 15) is 10.1 Å². The number of aryl methyl sites for hydroxylation is 1. The van der Waals surface area contributed by atoms with E-state index in [4.69, 9.17) is 4.74 Å². The van der Waals surface area contributed by atoms with Crippen molar-refractivity contribution in [3.63, 3.8) is 0 Å². The predicted octanol–water partition coefficient (Wildman–Crippen LogP) is 2.81. The first-order valence-corrected chi connectivity index (χ1v) is 10.3. The third kappa shape index (κ3) is 5.60. The number of benzene rings is 2. The van der Waals surface area contributed by atoms with E-state index < -0.39 is 0 Å². The molecule has 2 aromatic carbocycles. The molecule has 3 N–H and O–H groups in total. The number of hydrogen-bond donors (Lipinski definition) is 2. The second-order valence-corrected chi connectivity index (χ2v) is 7.78. The summed E-state index contributed by atoms with van der Waals surface area (Å²) in [6, 6.07) is 14.3. The van der Waals surface area contributed by atoms with Gasteiger partial charge in [-0.3, -0.25) is 10.1 Å². The van der Waals surface area contributed by atoms with E-state index in [1.807, 2.05) is 24.3 Å². The Bertz CT molecular complexity index is 815. The standard InChI is InChI=1S/C22H30N4O3/c1-4-18-5-8-20(9-6-18)29-12-11-23-21-13-19(7-10-22(21)26(27)28)25-14-16(2)24-17(3)15-25/h5-10,13,16-17,23-24H,4,11-12,14-15H2,1-3H3/p+1/t16-,17+. The molecule has 0 aromatic heterocycles. The number of nitro benzene ring substituents is 1. The highest BCUT2D eigenvalue weighted by atomic mass is 16.6. The molecule has 156 valence electrons. The predicted molar refractivity (Wildman–Crippen MR) is 116 cm³/mol. The van der Waals surface area contributed by atoms with E-state index in [2.05, 4.69) is 48.4 Å². The topological polar surface area (TPSA) is 84.2 Å². The number of piperazine rings is 1. The van der Waals surface area contributed by atoms with Gasteiger partial charge in [0.15, 0.2) is 0 Å². The Labute approximate surface area is 172 Å². The van der Waals surface area contributed by atoms with Gasteiger partial charge in [0.1, 0.15) is 30.1 Å². The molecule has 0 radical (unpaired) electrons. The summed E-state index contributed by atoms with van der Waals surface area (Å²) in [5, 5.41) is 17.0. The first kappa shape index (κ1) is 20.9. The van der Waals surface area contributed by atoms with Crippen LogP contribution >= 0.6 is 0 Å². The van der Waals surface area contributed by atoms with Crippen LogP contribution in [0.25, 0.3) is 0 Å². The maximum absolute atomic E-state index is 11.4. The highest BCUT2D eigenvalue weighted by molar-refractivity contribution is 5.69. The zero-order valence-corrected chi connectivity index (χ0v) is 17.4. The molecule has 0 spiro atoms. The summed E-state index contributed by atoms with van der Waals surface area (Å²) in [5.41, 5.74) is 2.90. The highest BCUT2D eigenvalue weighted by Gasteiger charge is 2.26. The van der Waals surface area contributed by atoms with E-state index >= 15 is 0 Å². The molecule has 29 heavy (non-hydrogen) atoms. The van der Waals surface area contributed by atoms with Crippen molar-refractivity contribution in [1.29, 1.82) is 0 Å². The van der Waals surface area contributed by atoms with E-state index in [0.717, 1.165) is 30.9 Å². The third-order valence-electron chi connectivity index (χ3n) is 5.23. The number of hydrogen-bond acceptors (Lipinski definition) is 5. The monoisotopic (exact) mass is 399 g/mol. The lowest BCUT2D eigenvalue weighted by Gasteiger charge is -2.35. The van der Waals surface area contributed by atoms with Crippen LogP contribution in [-0.4, -0.2) is 43.2 Å². The van der Waals surface area contributed by atoms with E-state index in [1.54, 1.807) is 6.07 Å². The Kier molecular flexibility index (Phi) is 6.93. The van der Waals surface area contributed by atoms with Crippen LogP contribution < -0.4 is 20.3 Å². The quantitative estimate of drug-likeness (QED) is 0.405. The number of ether oxygens (including phenoxy) is 1. The van der Waals surface area contributed by atoms with Gasteiger partial charge in [-0.1, -0.05) is 19.1 Å². The SMILES string of the molecule is CCc1ccc(OCCNc2cc(N3C[C@@H](C)[NH2+][C@@H](C)C3)ccc2[N+](=O)[O-])cc1. The number of anilines is 2. The van der Waals surface area contributed by atoms with Crippen molar-refractivity contribution < 1.29 is 15.0 Å². The van der Waals surface area contributed by atoms with Gasteiger partial charge in [-0.2, -0.15) is 0 Å². The number of nitrogens with two attached hydrogens (primary N) is 1. The second kappa shape index (κ2) is 9.60. The Hall–Kier alpha value is -2.80. The summed E-state index contributed by atoms with van der Waals surface area (Å²) in [4.78, 5) is 13.4. The highest BCUT2D eigenvalue weighted by Crippen LogP contribution is 2.30. The summed E-state index contributed by atoms with van der Waals surface area (Å²) in [5.74, 6) is 0.805. The van der Waals surface area contributed by atoms with E-state index in [0.29, 0.717) is 30.9 Å². The van der Waals surface area contributed by atoms with Gasteiger partial charge in [0.25, 0.3) is 5.69 Å². The zero-order valence-electron chi connectivity index (χ0n) is 17.4. The third-order valence-corrected chi connectivity index (χ3v) is 5.23. The maximum Gasteiger partial charge on any atom is 0.292 e. The zero-order chi connectivity index (χ0) is 20.8. The minimum Gasteiger partial charge on any atom is -0.492 e. The molecule has 2 aromatic rings. The maximum atomic E-state index is 11.4. The van der Waals surface area contributed by atoms with Gasteiger partial charge in [0.05, 0.1) is 18.0 Å². The van der Waals surface area contributed by atoms with Gasteiger partial charge in [-0.25, -0.2) is 0 Å². The summed E-state index contributed by atoms with van der Waals surface area (Å²) in [6.45, 7) is 9.30. The van der Waals surface area contributed by atoms with Gasteiger partial charge < -0.3 is 20.3 Å². The Balaban J connectivity index is 1.64.